The molecule has 0 aliphatic carbocycles. The van der Waals surface area contributed by atoms with Crippen molar-refractivity contribution in [1.29, 1.82) is 0 Å². The first kappa shape index (κ1) is 26.8. The first-order valence-electron chi connectivity index (χ1n) is 16.6. The molecule has 228 valence electrons. The summed E-state index contributed by atoms with van der Waals surface area (Å²) in [6.45, 7) is 0. The van der Waals surface area contributed by atoms with Crippen molar-refractivity contribution in [3.05, 3.63) is 158 Å². The van der Waals surface area contributed by atoms with Crippen molar-refractivity contribution in [2.24, 2.45) is 0 Å². The van der Waals surface area contributed by atoms with E-state index < -0.39 is 0 Å². The highest BCUT2D eigenvalue weighted by Gasteiger charge is 2.21. The average Bonchev–Trinajstić information content (AvgIpc) is 3.84. The number of hydrogen-bond acceptors (Lipinski definition) is 3. The van der Waals surface area contributed by atoms with Gasteiger partial charge >= 0.3 is 0 Å². The van der Waals surface area contributed by atoms with E-state index in [1.54, 1.807) is 11.3 Å². The van der Waals surface area contributed by atoms with E-state index >= 15 is 0 Å². The molecule has 3 nitrogen and oxygen atoms in total. The van der Waals surface area contributed by atoms with Gasteiger partial charge in [0.25, 0.3) is 0 Å². The molecule has 49 heavy (non-hydrogen) atoms. The molecule has 7 aromatic carbocycles. The second-order valence-corrected chi connectivity index (χ2v) is 13.7. The molecule has 4 heteroatoms. The molecule has 0 N–H and O–H groups in total. The van der Waals surface area contributed by atoms with Gasteiger partial charge in [0.15, 0.2) is 5.58 Å². The molecule has 0 aliphatic heterocycles. The lowest BCUT2D eigenvalue weighted by molar-refractivity contribution is 0.672. The number of rotatable bonds is 3. The Bertz CT molecular complexity index is 3050. The third kappa shape index (κ3) is 3.80. The molecule has 11 rings (SSSR count). The van der Waals surface area contributed by atoms with E-state index in [2.05, 4.69) is 150 Å². The highest BCUT2D eigenvalue weighted by atomic mass is 32.1. The van der Waals surface area contributed by atoms with Crippen molar-refractivity contribution >= 4 is 86.2 Å². The second kappa shape index (κ2) is 10.1. The molecule has 11 aromatic rings. The number of furan rings is 1. The number of thiophene rings is 1. The van der Waals surface area contributed by atoms with Crippen LogP contribution < -0.4 is 0 Å². The highest BCUT2D eigenvalue weighted by molar-refractivity contribution is 7.26. The van der Waals surface area contributed by atoms with Crippen molar-refractivity contribution in [2.45, 2.75) is 0 Å². The molecule has 0 amide bonds. The molecule has 0 radical (unpaired) electrons. The summed E-state index contributed by atoms with van der Waals surface area (Å²) in [4.78, 5) is 5.31. The van der Waals surface area contributed by atoms with E-state index in [0.717, 1.165) is 43.4 Å². The van der Waals surface area contributed by atoms with Gasteiger partial charge in [-0.15, -0.1) is 11.3 Å². The van der Waals surface area contributed by atoms with Crippen LogP contribution in [0.25, 0.3) is 103 Å². The first-order valence-corrected chi connectivity index (χ1v) is 17.4. The fourth-order valence-electron chi connectivity index (χ4n) is 7.83. The van der Waals surface area contributed by atoms with E-state index in [0.29, 0.717) is 0 Å². The average molecular weight is 643 g/mol. The largest absolute Gasteiger partial charge is 0.454 e. The maximum Gasteiger partial charge on any atom is 0.163 e. The summed E-state index contributed by atoms with van der Waals surface area (Å²) in [6.07, 6.45) is 0. The SMILES string of the molecule is c1ccc2c(c1)oc1c2nc(-c2ccc(-c3ccc(-n4c5ccccc5c5ccccc54)c4ccccc34)cc2)c2sc3ccccc3c21. The Morgan fingerprint density at radius 3 is 1.84 bits per heavy atom. The van der Waals surface area contributed by atoms with Gasteiger partial charge in [-0.2, -0.15) is 0 Å². The van der Waals surface area contributed by atoms with E-state index in [-0.39, 0.29) is 0 Å². The molecule has 0 bridgehead atoms. The van der Waals surface area contributed by atoms with Crippen LogP contribution in [0.2, 0.25) is 0 Å². The van der Waals surface area contributed by atoms with Crippen LogP contribution >= 0.6 is 11.3 Å². The van der Waals surface area contributed by atoms with Crippen molar-refractivity contribution < 1.29 is 4.42 Å². The van der Waals surface area contributed by atoms with Gasteiger partial charge in [0.05, 0.1) is 27.1 Å². The summed E-state index contributed by atoms with van der Waals surface area (Å²) < 4.78 is 11.3. The fourth-order valence-corrected chi connectivity index (χ4v) is 9.04. The van der Waals surface area contributed by atoms with Crippen molar-refractivity contribution in [3.63, 3.8) is 0 Å². The summed E-state index contributed by atoms with van der Waals surface area (Å²) in [6, 6.07) is 56.5. The third-order valence-electron chi connectivity index (χ3n) is 10.0. The number of fused-ring (bicyclic) bond motifs is 11. The molecule has 0 atom stereocenters. The lowest BCUT2D eigenvalue weighted by Gasteiger charge is -2.15. The summed E-state index contributed by atoms with van der Waals surface area (Å²) in [5, 5.41) is 8.39. The molecule has 0 fully saturated rings. The van der Waals surface area contributed by atoms with Crippen LogP contribution in [0.15, 0.2) is 162 Å². The highest BCUT2D eigenvalue weighted by Crippen LogP contribution is 2.45. The van der Waals surface area contributed by atoms with E-state index in [1.807, 2.05) is 12.1 Å². The molecule has 0 saturated heterocycles. The molecular formula is C45H26N2OS. The van der Waals surface area contributed by atoms with Crippen LogP contribution in [0.5, 0.6) is 0 Å². The summed E-state index contributed by atoms with van der Waals surface area (Å²) in [5.41, 5.74) is 10.7. The Balaban J connectivity index is 1.10. The van der Waals surface area contributed by atoms with Gasteiger partial charge in [0.2, 0.25) is 0 Å². The van der Waals surface area contributed by atoms with Crippen LogP contribution in [0.3, 0.4) is 0 Å². The number of nitrogens with zero attached hydrogens (tertiary/aromatic N) is 2. The predicted octanol–water partition coefficient (Wildman–Crippen LogP) is 12.9. The Kier molecular flexibility index (Phi) is 5.54. The fraction of sp³-hybridized carbons (Fsp3) is 0. The van der Waals surface area contributed by atoms with Crippen molar-refractivity contribution in [3.8, 4) is 28.1 Å². The smallest absolute Gasteiger partial charge is 0.163 e. The van der Waals surface area contributed by atoms with E-state index in [1.165, 1.54) is 59.5 Å². The Morgan fingerprint density at radius 1 is 0.490 bits per heavy atom. The molecule has 0 spiro atoms. The van der Waals surface area contributed by atoms with Crippen LogP contribution in [0.4, 0.5) is 0 Å². The summed E-state index contributed by atoms with van der Waals surface area (Å²) in [7, 11) is 0. The van der Waals surface area contributed by atoms with Crippen LogP contribution in [-0.2, 0) is 0 Å². The maximum absolute atomic E-state index is 6.47. The normalized spacial score (nSPS) is 12.1. The molecule has 4 aromatic heterocycles. The lowest BCUT2D eigenvalue weighted by Crippen LogP contribution is -1.96. The monoisotopic (exact) mass is 642 g/mol. The van der Waals surface area contributed by atoms with Crippen LogP contribution in [0.1, 0.15) is 0 Å². The molecule has 0 unspecified atom stereocenters. The van der Waals surface area contributed by atoms with Crippen molar-refractivity contribution in [1.82, 2.24) is 9.55 Å². The number of hydrogen-bond donors (Lipinski definition) is 0. The van der Waals surface area contributed by atoms with Gasteiger partial charge in [-0.3, -0.25) is 0 Å². The quantitative estimate of drug-likeness (QED) is 0.192. The minimum atomic E-state index is 0.865. The number of pyridine rings is 1. The zero-order valence-corrected chi connectivity index (χ0v) is 27.0. The van der Waals surface area contributed by atoms with Crippen LogP contribution in [-0.4, -0.2) is 9.55 Å². The van der Waals surface area contributed by atoms with Gasteiger partial charge in [-0.1, -0.05) is 121 Å². The summed E-state index contributed by atoms with van der Waals surface area (Å²) >= 11 is 1.79. The Morgan fingerprint density at radius 2 is 1.08 bits per heavy atom. The topological polar surface area (TPSA) is 31.0 Å². The second-order valence-electron chi connectivity index (χ2n) is 12.7. The Hall–Kier alpha value is -6.23. The molecule has 4 heterocycles. The van der Waals surface area contributed by atoms with Crippen LogP contribution in [0, 0.1) is 0 Å². The number of para-hydroxylation sites is 3. The predicted molar refractivity (Wildman–Crippen MR) is 207 cm³/mol. The van der Waals surface area contributed by atoms with Crippen molar-refractivity contribution in [2.75, 3.05) is 0 Å². The standard InChI is InChI=1S/C45H26N2OS/c1-2-12-31-30(11-1)29(25-26-38(31)47-36-17-7-3-13-32(36)33-14-4-8-18-37(33)47)27-21-23-28(24-22-27)42-45-41(35-16-6-10-20-40(35)49-45)44-43(46-42)34-15-5-9-19-39(34)48-44/h1-26H. The minimum Gasteiger partial charge on any atom is -0.454 e. The number of aromatic nitrogens is 2. The zero-order chi connectivity index (χ0) is 32.1. The zero-order valence-electron chi connectivity index (χ0n) is 26.2. The van der Waals surface area contributed by atoms with Gasteiger partial charge in [0.1, 0.15) is 11.1 Å². The van der Waals surface area contributed by atoms with Gasteiger partial charge in [-0.25, -0.2) is 4.98 Å². The molecule has 0 saturated carbocycles. The Labute approximate surface area is 284 Å². The van der Waals surface area contributed by atoms with Gasteiger partial charge in [-0.05, 0) is 52.9 Å². The van der Waals surface area contributed by atoms with Gasteiger partial charge in [0, 0.05) is 42.6 Å². The van der Waals surface area contributed by atoms with E-state index in [4.69, 9.17) is 9.40 Å². The summed E-state index contributed by atoms with van der Waals surface area (Å²) in [5.74, 6) is 0. The maximum atomic E-state index is 6.47. The minimum absolute atomic E-state index is 0.865. The molecular weight excluding hydrogens is 617 g/mol. The number of benzene rings is 7. The van der Waals surface area contributed by atoms with E-state index in [9.17, 15) is 0 Å². The van der Waals surface area contributed by atoms with Gasteiger partial charge < -0.3 is 8.98 Å². The first-order chi connectivity index (χ1) is 24.3. The molecule has 0 aliphatic rings. The third-order valence-corrected chi connectivity index (χ3v) is 11.2. The lowest BCUT2D eigenvalue weighted by atomic mass is 9.95.